The Morgan fingerprint density at radius 3 is 1.77 bits per heavy atom. The third-order valence-corrected chi connectivity index (χ3v) is 12.8. The standard InChI is InChI=1S/C47H25BN4/c1-4-17-33-26(11-1)27-12-2-5-18-34(27)47(33)35-19-7-14-30-31-16-9-21-38-43(31)52(41(30)35)45-36(47)25-32(46-49-23-10-24-50-46)44-40(45)48(38)37-20-8-15-29-28-13-3-6-22-39(28)51(44)42(29)37/h1-25H. The molecular weight excluding hydrogens is 631 g/mol. The Hall–Kier alpha value is -6.72. The minimum Gasteiger partial charge on any atom is -0.310 e. The Kier molecular flexibility index (Phi) is 4.32. The highest BCUT2D eigenvalue weighted by Crippen LogP contribution is 2.62. The molecule has 0 unspecified atom stereocenters. The predicted molar refractivity (Wildman–Crippen MR) is 212 cm³/mol. The summed E-state index contributed by atoms with van der Waals surface area (Å²) in [5.74, 6) is 0.746. The summed E-state index contributed by atoms with van der Waals surface area (Å²) >= 11 is 0. The topological polar surface area (TPSA) is 35.6 Å². The molecule has 52 heavy (non-hydrogen) atoms. The third kappa shape index (κ3) is 2.61. The molecule has 0 atom stereocenters. The normalized spacial score (nSPS) is 14.7. The van der Waals surface area contributed by atoms with Crippen LogP contribution in [0.1, 0.15) is 22.3 Å². The molecular formula is C47H25BN4. The van der Waals surface area contributed by atoms with Crippen molar-refractivity contribution >= 4 is 66.7 Å². The van der Waals surface area contributed by atoms with Crippen molar-refractivity contribution in [2.24, 2.45) is 0 Å². The van der Waals surface area contributed by atoms with Crippen LogP contribution in [-0.4, -0.2) is 25.8 Å². The van der Waals surface area contributed by atoms with Crippen LogP contribution in [0.25, 0.3) is 77.5 Å². The average molecular weight is 657 g/mol. The Labute approximate surface area is 298 Å². The van der Waals surface area contributed by atoms with Crippen molar-refractivity contribution in [3.05, 3.63) is 174 Å². The van der Waals surface area contributed by atoms with Crippen molar-refractivity contribution in [1.29, 1.82) is 0 Å². The van der Waals surface area contributed by atoms with E-state index in [1.54, 1.807) is 0 Å². The molecule has 14 rings (SSSR count). The zero-order valence-corrected chi connectivity index (χ0v) is 27.8. The molecule has 1 aliphatic carbocycles. The van der Waals surface area contributed by atoms with E-state index in [1.807, 2.05) is 18.5 Å². The van der Waals surface area contributed by atoms with Crippen LogP contribution in [0.2, 0.25) is 0 Å². The molecule has 4 nitrogen and oxygen atoms in total. The van der Waals surface area contributed by atoms with Gasteiger partial charge in [0, 0.05) is 56.2 Å². The number of aromatic nitrogens is 4. The second-order valence-corrected chi connectivity index (χ2v) is 14.8. The number of para-hydroxylation sites is 4. The highest BCUT2D eigenvalue weighted by Gasteiger charge is 2.54. The second kappa shape index (κ2) is 8.59. The first-order chi connectivity index (χ1) is 25.9. The summed E-state index contributed by atoms with van der Waals surface area (Å²) in [5, 5.41) is 5.18. The number of fused-ring (bicyclic) bond motifs is 14. The van der Waals surface area contributed by atoms with Crippen molar-refractivity contribution in [3.8, 4) is 33.9 Å². The number of nitrogens with zero attached hydrogens (tertiary/aromatic N) is 4. The van der Waals surface area contributed by atoms with Crippen LogP contribution >= 0.6 is 0 Å². The van der Waals surface area contributed by atoms with Crippen LogP contribution in [0.15, 0.2) is 152 Å². The maximum Gasteiger partial charge on any atom is 0.252 e. The Balaban J connectivity index is 1.32. The molecule has 10 aromatic rings. The van der Waals surface area contributed by atoms with Crippen LogP contribution in [0.4, 0.5) is 0 Å². The number of benzene rings is 7. The van der Waals surface area contributed by atoms with E-state index < -0.39 is 5.41 Å². The maximum atomic E-state index is 5.01. The van der Waals surface area contributed by atoms with Gasteiger partial charge in [0.05, 0.1) is 22.1 Å². The summed E-state index contributed by atoms with van der Waals surface area (Å²) in [4.78, 5) is 10.0. The van der Waals surface area contributed by atoms with E-state index in [4.69, 9.17) is 9.97 Å². The van der Waals surface area contributed by atoms with Crippen LogP contribution in [0, 0.1) is 0 Å². The van der Waals surface area contributed by atoms with Crippen molar-refractivity contribution in [3.63, 3.8) is 0 Å². The zero-order chi connectivity index (χ0) is 33.4. The quantitative estimate of drug-likeness (QED) is 0.167. The SMILES string of the molecule is c1cnc(-c2cc3c4c5c2-n2c6ccccc6c6cccc(c62)B5c2cccc5c6cccc(c6n-4c25)C32c3ccccc3-c3ccccc32)nc1. The summed E-state index contributed by atoms with van der Waals surface area (Å²) in [6.45, 7) is 0.0268. The molecule has 0 fully saturated rings. The maximum absolute atomic E-state index is 5.01. The van der Waals surface area contributed by atoms with E-state index in [1.165, 1.54) is 105 Å². The van der Waals surface area contributed by atoms with Crippen molar-refractivity contribution in [2.75, 3.05) is 0 Å². The van der Waals surface area contributed by atoms with Gasteiger partial charge in [-0.15, -0.1) is 0 Å². The molecule has 3 aromatic heterocycles. The molecule has 236 valence electrons. The van der Waals surface area contributed by atoms with E-state index in [0.717, 1.165) is 11.4 Å². The molecule has 0 bridgehead atoms. The van der Waals surface area contributed by atoms with Crippen molar-refractivity contribution in [1.82, 2.24) is 19.1 Å². The van der Waals surface area contributed by atoms with Gasteiger partial charge in [-0.1, -0.05) is 121 Å². The van der Waals surface area contributed by atoms with Gasteiger partial charge in [0.1, 0.15) is 0 Å². The van der Waals surface area contributed by atoms with E-state index in [9.17, 15) is 0 Å². The lowest BCUT2D eigenvalue weighted by atomic mass is 9.33. The number of hydrogen-bond acceptors (Lipinski definition) is 2. The number of rotatable bonds is 1. The molecule has 0 radical (unpaired) electrons. The molecule has 4 aliphatic rings. The minimum atomic E-state index is -0.544. The second-order valence-electron chi connectivity index (χ2n) is 14.8. The van der Waals surface area contributed by atoms with Gasteiger partial charge in [-0.05, 0) is 68.0 Å². The lowest BCUT2D eigenvalue weighted by Crippen LogP contribution is -2.60. The molecule has 0 N–H and O–H groups in total. The summed E-state index contributed by atoms with van der Waals surface area (Å²) in [7, 11) is 0. The van der Waals surface area contributed by atoms with Gasteiger partial charge in [-0.2, -0.15) is 0 Å². The molecule has 1 spiro atoms. The summed E-state index contributed by atoms with van der Waals surface area (Å²) in [5.41, 5.74) is 20.1. The van der Waals surface area contributed by atoms with Crippen LogP contribution in [0.5, 0.6) is 0 Å². The molecule has 0 saturated heterocycles. The Bertz CT molecular complexity index is 3270. The Morgan fingerprint density at radius 2 is 1.02 bits per heavy atom. The third-order valence-electron chi connectivity index (χ3n) is 12.8. The van der Waals surface area contributed by atoms with Gasteiger partial charge in [-0.3, -0.25) is 0 Å². The highest BCUT2D eigenvalue weighted by molar-refractivity contribution is 7.00. The highest BCUT2D eigenvalue weighted by atomic mass is 15.1. The number of hydrogen-bond donors (Lipinski definition) is 0. The van der Waals surface area contributed by atoms with Gasteiger partial charge in [-0.25, -0.2) is 9.97 Å². The van der Waals surface area contributed by atoms with Gasteiger partial charge >= 0.3 is 0 Å². The van der Waals surface area contributed by atoms with Gasteiger partial charge in [0.15, 0.2) is 5.82 Å². The first-order valence-corrected chi connectivity index (χ1v) is 18.1. The minimum absolute atomic E-state index is 0.0268. The summed E-state index contributed by atoms with van der Waals surface area (Å²) < 4.78 is 5.20. The molecule has 7 aromatic carbocycles. The monoisotopic (exact) mass is 656 g/mol. The van der Waals surface area contributed by atoms with E-state index in [0.29, 0.717) is 0 Å². The van der Waals surface area contributed by atoms with E-state index in [-0.39, 0.29) is 6.71 Å². The predicted octanol–water partition coefficient (Wildman–Crippen LogP) is 8.16. The first-order valence-electron chi connectivity index (χ1n) is 18.1. The van der Waals surface area contributed by atoms with Crippen LogP contribution in [0.3, 0.4) is 0 Å². The molecule has 3 aliphatic heterocycles. The summed E-state index contributed by atoms with van der Waals surface area (Å²) in [6, 6.07) is 52.5. The lowest BCUT2D eigenvalue weighted by Gasteiger charge is -2.44. The van der Waals surface area contributed by atoms with E-state index in [2.05, 4.69) is 143 Å². The van der Waals surface area contributed by atoms with Crippen LogP contribution in [-0.2, 0) is 5.41 Å². The van der Waals surface area contributed by atoms with Crippen molar-refractivity contribution < 1.29 is 0 Å². The van der Waals surface area contributed by atoms with Gasteiger partial charge in [0.25, 0.3) is 6.71 Å². The van der Waals surface area contributed by atoms with Crippen molar-refractivity contribution in [2.45, 2.75) is 5.41 Å². The fraction of sp³-hybridized carbons (Fsp3) is 0.0213. The lowest BCUT2D eigenvalue weighted by molar-refractivity contribution is 0.749. The summed E-state index contributed by atoms with van der Waals surface area (Å²) in [6.07, 6.45) is 3.77. The van der Waals surface area contributed by atoms with Gasteiger partial charge < -0.3 is 9.13 Å². The van der Waals surface area contributed by atoms with Gasteiger partial charge in [0.2, 0.25) is 0 Å². The van der Waals surface area contributed by atoms with E-state index >= 15 is 0 Å². The fourth-order valence-corrected chi connectivity index (χ4v) is 11.2. The molecule has 5 heteroatoms. The average Bonchev–Trinajstić information content (AvgIpc) is 3.84. The molecule has 0 saturated carbocycles. The van der Waals surface area contributed by atoms with Crippen LogP contribution < -0.4 is 16.4 Å². The molecule has 6 heterocycles. The first kappa shape index (κ1) is 26.1. The smallest absolute Gasteiger partial charge is 0.252 e. The Morgan fingerprint density at radius 1 is 0.442 bits per heavy atom. The fourth-order valence-electron chi connectivity index (χ4n) is 11.2. The zero-order valence-electron chi connectivity index (χ0n) is 27.8. The molecule has 0 amide bonds. The largest absolute Gasteiger partial charge is 0.310 e.